The maximum absolute atomic E-state index is 13.9. The van der Waals surface area contributed by atoms with Gasteiger partial charge >= 0.3 is 0 Å². The molecule has 0 atom stereocenters. The van der Waals surface area contributed by atoms with Crippen LogP contribution in [0.25, 0.3) is 0 Å². The minimum absolute atomic E-state index is 0.0191. The maximum atomic E-state index is 13.9. The molecule has 1 fully saturated rings. The van der Waals surface area contributed by atoms with Gasteiger partial charge in [-0.1, -0.05) is 6.07 Å². The molecule has 1 saturated heterocycles. The predicted octanol–water partition coefficient (Wildman–Crippen LogP) is 1.82. The zero-order valence-corrected chi connectivity index (χ0v) is 17.6. The molecule has 0 radical (unpaired) electrons. The van der Waals surface area contributed by atoms with Gasteiger partial charge in [0.1, 0.15) is 24.0 Å². The topological polar surface area (TPSA) is 118 Å². The van der Waals surface area contributed by atoms with Gasteiger partial charge in [0, 0.05) is 49.4 Å². The van der Waals surface area contributed by atoms with Crippen LogP contribution in [0.1, 0.15) is 11.1 Å². The normalized spacial score (nSPS) is 14.6. The quantitative estimate of drug-likeness (QED) is 0.531. The van der Waals surface area contributed by atoms with Gasteiger partial charge in [0.25, 0.3) is 0 Å². The Balaban J connectivity index is 1.60. The Morgan fingerprint density at radius 3 is 2.72 bits per heavy atom. The lowest BCUT2D eigenvalue weighted by atomic mass is 10.2. The number of nitrogens with one attached hydrogen (secondary N) is 2. The molecular formula is C21H25F2N7O2. The van der Waals surface area contributed by atoms with Gasteiger partial charge in [0.2, 0.25) is 11.9 Å². The number of carbonyl (C=O) groups is 1. The van der Waals surface area contributed by atoms with Crippen LogP contribution in [0.15, 0.2) is 41.3 Å². The third-order valence-corrected chi connectivity index (χ3v) is 4.72. The highest BCUT2D eigenvalue weighted by molar-refractivity contribution is 5.85. The molecule has 1 aliphatic rings. The summed E-state index contributed by atoms with van der Waals surface area (Å²) in [6, 6.07) is 3.70. The summed E-state index contributed by atoms with van der Waals surface area (Å²) in [6.07, 6.45) is 4.25. The highest BCUT2D eigenvalue weighted by Crippen LogP contribution is 2.17. The molecule has 1 aliphatic heterocycles. The predicted molar refractivity (Wildman–Crippen MR) is 117 cm³/mol. The summed E-state index contributed by atoms with van der Waals surface area (Å²) in [5.74, 6) is -0.771. The molecule has 1 aromatic carbocycles. The third-order valence-electron chi connectivity index (χ3n) is 4.72. The van der Waals surface area contributed by atoms with Gasteiger partial charge < -0.3 is 26.0 Å². The van der Waals surface area contributed by atoms with Crippen molar-refractivity contribution in [3.05, 3.63) is 59.1 Å². The van der Waals surface area contributed by atoms with E-state index in [9.17, 15) is 13.6 Å². The Morgan fingerprint density at radius 1 is 1.31 bits per heavy atom. The molecule has 0 bridgehead atoms. The Kier molecular flexibility index (Phi) is 8.03. The highest BCUT2D eigenvalue weighted by atomic mass is 19.1. The molecule has 0 saturated carbocycles. The second kappa shape index (κ2) is 11.1. The number of halogens is 2. The number of hydrogen-bond acceptors (Lipinski definition) is 8. The Hall–Kier alpha value is -3.60. The molecule has 0 spiro atoms. The average molecular weight is 445 g/mol. The van der Waals surface area contributed by atoms with Crippen molar-refractivity contribution < 1.29 is 18.3 Å². The first-order valence-electron chi connectivity index (χ1n) is 10.0. The molecule has 4 N–H and O–H groups in total. The summed E-state index contributed by atoms with van der Waals surface area (Å²) < 4.78 is 32.9. The van der Waals surface area contributed by atoms with Gasteiger partial charge in [-0.2, -0.15) is 4.98 Å². The zero-order chi connectivity index (χ0) is 22.9. The van der Waals surface area contributed by atoms with Gasteiger partial charge in [0.05, 0.1) is 18.9 Å². The minimum Gasteiger partial charge on any atom is -0.403 e. The molecule has 32 heavy (non-hydrogen) atoms. The van der Waals surface area contributed by atoms with Crippen LogP contribution in [-0.2, 0) is 16.1 Å². The number of aliphatic imine (C=N–C) groups is 1. The Bertz CT molecular complexity index is 987. The number of allylic oxidation sites excluding steroid dienone is 1. The molecule has 1 amide bonds. The Labute approximate surface area is 184 Å². The van der Waals surface area contributed by atoms with Crippen LogP contribution in [0, 0.1) is 18.6 Å². The van der Waals surface area contributed by atoms with Crippen molar-refractivity contribution >= 4 is 23.9 Å². The second-order valence-electron chi connectivity index (χ2n) is 6.99. The number of nitrogens with zero attached hydrogens (tertiary/aromatic N) is 4. The van der Waals surface area contributed by atoms with Crippen LogP contribution in [0.5, 0.6) is 0 Å². The van der Waals surface area contributed by atoms with Crippen LogP contribution in [-0.4, -0.2) is 59.8 Å². The van der Waals surface area contributed by atoms with Gasteiger partial charge in [-0.05, 0) is 19.1 Å². The number of aryl methyl sites for hydroxylation is 1. The van der Waals surface area contributed by atoms with E-state index >= 15 is 0 Å². The molecular weight excluding hydrogens is 420 g/mol. The van der Waals surface area contributed by atoms with E-state index in [0.29, 0.717) is 43.4 Å². The average Bonchev–Trinajstić information content (AvgIpc) is 2.80. The SMILES string of the molecule is Cc1cnc(N/C(C=NCC(=O)N2CCOCC2)=C/N)nc1NCc1c(F)cccc1F. The molecule has 9 nitrogen and oxygen atoms in total. The largest absolute Gasteiger partial charge is 0.403 e. The number of hydrogen-bond donors (Lipinski definition) is 3. The number of rotatable bonds is 8. The van der Waals surface area contributed by atoms with Crippen molar-refractivity contribution in [1.82, 2.24) is 14.9 Å². The first-order valence-corrected chi connectivity index (χ1v) is 10.0. The lowest BCUT2D eigenvalue weighted by Crippen LogP contribution is -2.41. The summed E-state index contributed by atoms with van der Waals surface area (Å²) in [6.45, 7) is 3.81. The molecule has 0 aliphatic carbocycles. The summed E-state index contributed by atoms with van der Waals surface area (Å²) in [5, 5.41) is 5.82. The molecule has 11 heteroatoms. The third kappa shape index (κ3) is 6.20. The van der Waals surface area contributed by atoms with Crippen LogP contribution in [0.4, 0.5) is 20.5 Å². The molecule has 170 valence electrons. The minimum atomic E-state index is -0.640. The fraction of sp³-hybridized carbons (Fsp3) is 0.333. The standard InChI is InChI=1S/C21H25F2N7O2/c1-14-10-27-21(29-20(14)26-12-16-17(22)3-2-4-18(16)23)28-15(9-24)11-25-13-19(31)30-5-7-32-8-6-30/h2-4,9-11H,5-8,12-13,24H2,1H3,(H2,26,27,28,29)/b15-9+,25-11?. The summed E-state index contributed by atoms with van der Waals surface area (Å²) in [7, 11) is 0. The number of anilines is 2. The lowest BCUT2D eigenvalue weighted by molar-refractivity contribution is -0.133. The smallest absolute Gasteiger partial charge is 0.244 e. The van der Waals surface area contributed by atoms with Crippen LogP contribution in [0.3, 0.4) is 0 Å². The van der Waals surface area contributed by atoms with E-state index in [1.54, 1.807) is 18.0 Å². The van der Waals surface area contributed by atoms with E-state index in [0.717, 1.165) is 0 Å². The molecule has 2 heterocycles. The summed E-state index contributed by atoms with van der Waals surface area (Å²) in [5.41, 5.74) is 6.62. The molecule has 1 aromatic heterocycles. The van der Waals surface area contributed by atoms with Crippen molar-refractivity contribution in [2.45, 2.75) is 13.5 Å². The maximum Gasteiger partial charge on any atom is 0.244 e. The van der Waals surface area contributed by atoms with Crippen molar-refractivity contribution in [2.24, 2.45) is 10.7 Å². The molecule has 2 aromatic rings. The number of ether oxygens (including phenoxy) is 1. The summed E-state index contributed by atoms with van der Waals surface area (Å²) in [4.78, 5) is 26.5. The monoisotopic (exact) mass is 445 g/mol. The van der Waals surface area contributed by atoms with Crippen molar-refractivity contribution in [3.8, 4) is 0 Å². The number of carbonyl (C=O) groups excluding carboxylic acids is 1. The fourth-order valence-corrected chi connectivity index (χ4v) is 2.94. The number of benzene rings is 1. The number of nitrogens with two attached hydrogens (primary N) is 1. The van der Waals surface area contributed by atoms with Gasteiger partial charge in [-0.15, -0.1) is 0 Å². The first kappa shape index (κ1) is 23.1. The van der Waals surface area contributed by atoms with Crippen LogP contribution in [0.2, 0.25) is 0 Å². The van der Waals surface area contributed by atoms with Gasteiger partial charge in [-0.3, -0.25) is 9.79 Å². The van der Waals surface area contributed by atoms with Crippen molar-refractivity contribution in [2.75, 3.05) is 43.5 Å². The summed E-state index contributed by atoms with van der Waals surface area (Å²) >= 11 is 0. The zero-order valence-electron chi connectivity index (χ0n) is 17.6. The number of aromatic nitrogens is 2. The Morgan fingerprint density at radius 2 is 2.03 bits per heavy atom. The number of morpholine rings is 1. The van der Waals surface area contributed by atoms with E-state index < -0.39 is 11.6 Å². The molecule has 0 unspecified atom stereocenters. The lowest BCUT2D eigenvalue weighted by Gasteiger charge is -2.26. The van der Waals surface area contributed by atoms with Gasteiger partial charge in [0.15, 0.2) is 0 Å². The molecule has 3 rings (SSSR count). The van der Waals surface area contributed by atoms with E-state index in [2.05, 4.69) is 25.6 Å². The van der Waals surface area contributed by atoms with Crippen LogP contribution < -0.4 is 16.4 Å². The fourth-order valence-electron chi connectivity index (χ4n) is 2.94. The number of amides is 1. The van der Waals surface area contributed by atoms with Crippen molar-refractivity contribution in [1.29, 1.82) is 0 Å². The second-order valence-corrected chi connectivity index (χ2v) is 6.99. The van der Waals surface area contributed by atoms with E-state index in [1.807, 2.05) is 0 Å². The van der Waals surface area contributed by atoms with E-state index in [4.69, 9.17) is 10.5 Å². The highest BCUT2D eigenvalue weighted by Gasteiger charge is 2.15. The van der Waals surface area contributed by atoms with Gasteiger partial charge in [-0.25, -0.2) is 13.8 Å². The van der Waals surface area contributed by atoms with Crippen LogP contribution >= 0.6 is 0 Å². The van der Waals surface area contributed by atoms with E-state index in [-0.39, 0.29) is 30.5 Å². The first-order chi connectivity index (χ1) is 15.5. The van der Waals surface area contributed by atoms with E-state index in [1.165, 1.54) is 30.6 Å². The van der Waals surface area contributed by atoms with Crippen molar-refractivity contribution in [3.63, 3.8) is 0 Å².